The van der Waals surface area contributed by atoms with E-state index in [2.05, 4.69) is 31.9 Å². The second-order valence-electron chi connectivity index (χ2n) is 4.22. The van der Waals surface area contributed by atoms with Crippen molar-refractivity contribution in [2.45, 2.75) is 11.2 Å². The molecular weight excluding hydrogens is 393 g/mol. The Morgan fingerprint density at radius 2 is 1.95 bits per heavy atom. The molecular formula is C14H10Br2FNO2. The van der Waals surface area contributed by atoms with Crippen molar-refractivity contribution < 1.29 is 9.31 Å². The van der Waals surface area contributed by atoms with Crippen molar-refractivity contribution in [3.05, 3.63) is 74.0 Å². The lowest BCUT2D eigenvalue weighted by Gasteiger charge is -2.12. The van der Waals surface area contributed by atoms with E-state index in [0.29, 0.717) is 12.0 Å². The third-order valence-electron chi connectivity index (χ3n) is 2.88. The van der Waals surface area contributed by atoms with Crippen LogP contribution in [-0.4, -0.2) is 4.92 Å². The van der Waals surface area contributed by atoms with E-state index in [9.17, 15) is 14.5 Å². The minimum atomic E-state index is -0.407. The van der Waals surface area contributed by atoms with E-state index in [1.54, 1.807) is 24.3 Å². The lowest BCUT2D eigenvalue weighted by Crippen LogP contribution is -2.01. The molecule has 0 saturated heterocycles. The molecule has 1 unspecified atom stereocenters. The van der Waals surface area contributed by atoms with Crippen molar-refractivity contribution in [2.24, 2.45) is 0 Å². The fourth-order valence-corrected chi connectivity index (χ4v) is 3.48. The molecule has 0 aliphatic rings. The summed E-state index contributed by atoms with van der Waals surface area (Å²) in [6.45, 7) is 0. The molecule has 0 amide bonds. The molecule has 0 saturated carbocycles. The average Bonchev–Trinajstić information content (AvgIpc) is 2.41. The molecule has 0 N–H and O–H groups in total. The average molecular weight is 403 g/mol. The number of halogens is 3. The highest BCUT2D eigenvalue weighted by molar-refractivity contribution is 9.11. The van der Waals surface area contributed by atoms with Crippen molar-refractivity contribution in [3.63, 3.8) is 0 Å². The Morgan fingerprint density at radius 3 is 2.65 bits per heavy atom. The van der Waals surface area contributed by atoms with Gasteiger partial charge in [-0.15, -0.1) is 0 Å². The van der Waals surface area contributed by atoms with Crippen LogP contribution in [0.3, 0.4) is 0 Å². The SMILES string of the molecule is O=[N+]([O-])c1ccccc1CC(Br)c1cc(F)ccc1Br. The Hall–Kier alpha value is -1.27. The number of hydrogen-bond acceptors (Lipinski definition) is 2. The molecule has 2 aromatic carbocycles. The van der Waals surface area contributed by atoms with Gasteiger partial charge in [0.1, 0.15) is 5.82 Å². The number of rotatable bonds is 4. The van der Waals surface area contributed by atoms with Crippen LogP contribution in [-0.2, 0) is 6.42 Å². The molecule has 0 aromatic heterocycles. The summed E-state index contributed by atoms with van der Waals surface area (Å²) in [7, 11) is 0. The summed E-state index contributed by atoms with van der Waals surface area (Å²) in [6, 6.07) is 11.0. The van der Waals surface area contributed by atoms with Gasteiger partial charge in [0.25, 0.3) is 5.69 Å². The molecule has 20 heavy (non-hydrogen) atoms. The van der Waals surface area contributed by atoms with E-state index in [1.165, 1.54) is 18.2 Å². The van der Waals surface area contributed by atoms with Crippen LogP contribution in [0.25, 0.3) is 0 Å². The lowest BCUT2D eigenvalue weighted by atomic mass is 10.0. The number of para-hydroxylation sites is 1. The molecule has 6 heteroatoms. The zero-order chi connectivity index (χ0) is 14.7. The second-order valence-corrected chi connectivity index (χ2v) is 6.18. The maximum Gasteiger partial charge on any atom is 0.272 e. The van der Waals surface area contributed by atoms with Gasteiger partial charge in [-0.3, -0.25) is 10.1 Å². The number of nitro groups is 1. The highest BCUT2D eigenvalue weighted by Crippen LogP contribution is 2.35. The Labute approximate surface area is 132 Å². The normalized spacial score (nSPS) is 12.2. The van der Waals surface area contributed by atoms with Crippen LogP contribution in [0.1, 0.15) is 16.0 Å². The standard InChI is InChI=1S/C14H10Br2FNO2/c15-12-6-5-10(17)8-11(12)13(16)7-9-3-1-2-4-14(9)18(19)20/h1-6,8,13H,7H2. The number of alkyl halides is 1. The van der Waals surface area contributed by atoms with Gasteiger partial charge in [-0.25, -0.2) is 4.39 Å². The second kappa shape index (κ2) is 6.45. The summed E-state index contributed by atoms with van der Waals surface area (Å²) in [6.07, 6.45) is 0.402. The maximum absolute atomic E-state index is 13.3. The molecule has 2 rings (SSSR count). The van der Waals surface area contributed by atoms with Crippen LogP contribution in [0.4, 0.5) is 10.1 Å². The fraction of sp³-hybridized carbons (Fsp3) is 0.143. The highest BCUT2D eigenvalue weighted by Gasteiger charge is 2.18. The van der Waals surface area contributed by atoms with E-state index in [1.807, 2.05) is 0 Å². The zero-order valence-corrected chi connectivity index (χ0v) is 13.4. The largest absolute Gasteiger partial charge is 0.272 e. The van der Waals surface area contributed by atoms with Crippen molar-refractivity contribution in [2.75, 3.05) is 0 Å². The van der Waals surface area contributed by atoms with Gasteiger partial charge in [0.15, 0.2) is 0 Å². The van der Waals surface area contributed by atoms with Crippen molar-refractivity contribution >= 4 is 37.5 Å². The van der Waals surface area contributed by atoms with Crippen LogP contribution in [0.2, 0.25) is 0 Å². The molecule has 104 valence electrons. The van der Waals surface area contributed by atoms with Crippen molar-refractivity contribution in [1.82, 2.24) is 0 Å². The van der Waals surface area contributed by atoms with Gasteiger partial charge in [0, 0.05) is 20.9 Å². The Bertz CT molecular complexity index is 649. The summed E-state index contributed by atoms with van der Waals surface area (Å²) < 4.78 is 14.1. The first-order chi connectivity index (χ1) is 9.49. The predicted molar refractivity (Wildman–Crippen MR) is 82.6 cm³/mol. The quantitative estimate of drug-likeness (QED) is 0.402. The van der Waals surface area contributed by atoms with Gasteiger partial charge in [-0.2, -0.15) is 0 Å². The molecule has 1 atom stereocenters. The van der Waals surface area contributed by atoms with Crippen LogP contribution in [0, 0.1) is 15.9 Å². The fourth-order valence-electron chi connectivity index (χ4n) is 1.92. The molecule has 0 heterocycles. The Kier molecular flexibility index (Phi) is 4.88. The summed E-state index contributed by atoms with van der Waals surface area (Å²) >= 11 is 6.83. The first-order valence-electron chi connectivity index (χ1n) is 5.80. The molecule has 0 aliphatic heterocycles. The Balaban J connectivity index is 2.30. The summed E-state index contributed by atoms with van der Waals surface area (Å²) in [5, 5.41) is 11.0. The zero-order valence-electron chi connectivity index (χ0n) is 10.2. The van der Waals surface area contributed by atoms with Gasteiger partial charge in [0.2, 0.25) is 0 Å². The van der Waals surface area contributed by atoms with Gasteiger partial charge in [0.05, 0.1) is 4.92 Å². The molecule has 2 aromatic rings. The molecule has 3 nitrogen and oxygen atoms in total. The molecule has 0 bridgehead atoms. The van der Waals surface area contributed by atoms with Gasteiger partial charge >= 0.3 is 0 Å². The molecule has 0 spiro atoms. The Morgan fingerprint density at radius 1 is 1.25 bits per heavy atom. The third kappa shape index (κ3) is 3.43. The van der Waals surface area contributed by atoms with E-state index in [4.69, 9.17) is 0 Å². The molecule has 0 fully saturated rings. The van der Waals surface area contributed by atoms with Gasteiger partial charge in [-0.05, 0) is 30.2 Å². The maximum atomic E-state index is 13.3. The van der Waals surface area contributed by atoms with E-state index >= 15 is 0 Å². The minimum Gasteiger partial charge on any atom is -0.258 e. The van der Waals surface area contributed by atoms with Gasteiger partial charge < -0.3 is 0 Å². The monoisotopic (exact) mass is 401 g/mol. The van der Waals surface area contributed by atoms with Crippen molar-refractivity contribution in [3.8, 4) is 0 Å². The third-order valence-corrected chi connectivity index (χ3v) is 4.42. The summed E-state index contributed by atoms with van der Waals surface area (Å²) in [5.74, 6) is -0.338. The van der Waals surface area contributed by atoms with E-state index < -0.39 is 4.92 Å². The van der Waals surface area contributed by atoms with E-state index in [0.717, 1.165) is 10.0 Å². The van der Waals surface area contributed by atoms with Crippen LogP contribution in [0.15, 0.2) is 46.9 Å². The van der Waals surface area contributed by atoms with Crippen LogP contribution in [0.5, 0.6) is 0 Å². The predicted octanol–water partition coefficient (Wildman–Crippen LogP) is 5.18. The minimum absolute atomic E-state index is 0.0736. The van der Waals surface area contributed by atoms with Crippen LogP contribution >= 0.6 is 31.9 Å². The number of nitro benzene ring substituents is 1. The topological polar surface area (TPSA) is 43.1 Å². The molecule has 0 radical (unpaired) electrons. The lowest BCUT2D eigenvalue weighted by molar-refractivity contribution is -0.385. The number of hydrogen-bond donors (Lipinski definition) is 0. The number of nitrogens with zero attached hydrogens (tertiary/aromatic N) is 1. The van der Waals surface area contributed by atoms with Gasteiger partial charge in [-0.1, -0.05) is 50.1 Å². The van der Waals surface area contributed by atoms with E-state index in [-0.39, 0.29) is 16.3 Å². The summed E-state index contributed by atoms with van der Waals surface area (Å²) in [5.41, 5.74) is 1.41. The first kappa shape index (κ1) is 15.1. The smallest absolute Gasteiger partial charge is 0.258 e. The molecule has 0 aliphatic carbocycles. The highest BCUT2D eigenvalue weighted by atomic mass is 79.9. The first-order valence-corrected chi connectivity index (χ1v) is 7.51. The number of benzene rings is 2. The van der Waals surface area contributed by atoms with Crippen LogP contribution < -0.4 is 0 Å². The van der Waals surface area contributed by atoms with Crippen molar-refractivity contribution in [1.29, 1.82) is 0 Å². The summed E-state index contributed by atoms with van der Waals surface area (Å²) in [4.78, 5) is 10.4.